The van der Waals surface area contributed by atoms with E-state index in [0.29, 0.717) is 6.04 Å². The number of fused-ring (bicyclic) bond motifs is 1. The molecule has 0 aliphatic carbocycles. The minimum absolute atomic E-state index is 0.230. The Morgan fingerprint density at radius 2 is 2.20 bits per heavy atom. The molecule has 106 valence electrons. The first-order valence-corrected chi connectivity index (χ1v) is 8.59. The summed E-state index contributed by atoms with van der Waals surface area (Å²) in [5.41, 5.74) is 1.33. The van der Waals surface area contributed by atoms with Gasteiger partial charge in [0.05, 0.1) is 3.79 Å². The molecular formula is C16H18BrNOS. The fraction of sp³-hybridized carbons (Fsp3) is 0.375. The van der Waals surface area contributed by atoms with Gasteiger partial charge in [-0.2, -0.15) is 0 Å². The Bertz CT molecular complexity index is 558. The highest BCUT2D eigenvalue weighted by Crippen LogP contribution is 2.31. The number of hydrogen-bond donors (Lipinski definition) is 1. The van der Waals surface area contributed by atoms with E-state index in [2.05, 4.69) is 58.5 Å². The van der Waals surface area contributed by atoms with Gasteiger partial charge in [0, 0.05) is 23.8 Å². The molecule has 2 atom stereocenters. The first kappa shape index (κ1) is 14.1. The van der Waals surface area contributed by atoms with Gasteiger partial charge in [-0.3, -0.25) is 0 Å². The standard InChI is InChI=1S/C16H18BrNOS/c1-2-18-13(10-12-7-8-16(17)20-12)15-9-11-5-3-4-6-14(11)19-15/h3-8,13,15,18H,2,9-10H2,1H3. The molecule has 0 bridgehead atoms. The van der Waals surface area contributed by atoms with Gasteiger partial charge < -0.3 is 10.1 Å². The zero-order chi connectivity index (χ0) is 13.9. The van der Waals surface area contributed by atoms with E-state index in [1.807, 2.05) is 6.07 Å². The van der Waals surface area contributed by atoms with Crippen LogP contribution in [0.15, 0.2) is 40.2 Å². The van der Waals surface area contributed by atoms with Crippen molar-refractivity contribution in [3.05, 3.63) is 50.6 Å². The summed E-state index contributed by atoms with van der Waals surface area (Å²) in [6.07, 6.45) is 2.25. The van der Waals surface area contributed by atoms with Gasteiger partial charge in [-0.05, 0) is 46.2 Å². The summed E-state index contributed by atoms with van der Waals surface area (Å²) < 4.78 is 7.32. The van der Waals surface area contributed by atoms with Crippen molar-refractivity contribution in [2.45, 2.75) is 31.9 Å². The van der Waals surface area contributed by atoms with E-state index in [1.165, 1.54) is 14.2 Å². The highest BCUT2D eigenvalue weighted by molar-refractivity contribution is 9.11. The summed E-state index contributed by atoms with van der Waals surface area (Å²) in [6.45, 7) is 3.12. The van der Waals surface area contributed by atoms with E-state index in [4.69, 9.17) is 4.74 Å². The SMILES string of the molecule is CCNC(Cc1ccc(Br)s1)C1Cc2ccccc2O1. The molecule has 0 saturated heterocycles. The third kappa shape index (κ3) is 3.08. The second kappa shape index (κ2) is 6.29. The van der Waals surface area contributed by atoms with Crippen LogP contribution in [0.25, 0.3) is 0 Å². The first-order chi connectivity index (χ1) is 9.76. The molecule has 0 saturated carbocycles. The number of rotatable bonds is 5. The van der Waals surface area contributed by atoms with E-state index >= 15 is 0 Å². The summed E-state index contributed by atoms with van der Waals surface area (Å²) in [5.74, 6) is 1.05. The van der Waals surface area contributed by atoms with Gasteiger partial charge in [-0.25, -0.2) is 0 Å². The molecule has 2 heterocycles. The maximum Gasteiger partial charge on any atom is 0.123 e. The van der Waals surface area contributed by atoms with Crippen LogP contribution in [-0.4, -0.2) is 18.7 Å². The highest BCUT2D eigenvalue weighted by atomic mass is 79.9. The van der Waals surface area contributed by atoms with E-state index in [1.54, 1.807) is 11.3 Å². The molecule has 1 aliphatic rings. The predicted molar refractivity (Wildman–Crippen MR) is 87.7 cm³/mol. The van der Waals surface area contributed by atoms with Crippen molar-refractivity contribution in [1.29, 1.82) is 0 Å². The molecule has 20 heavy (non-hydrogen) atoms. The number of hydrogen-bond acceptors (Lipinski definition) is 3. The first-order valence-electron chi connectivity index (χ1n) is 6.98. The lowest BCUT2D eigenvalue weighted by atomic mass is 10.0. The molecule has 1 N–H and O–H groups in total. The van der Waals surface area contributed by atoms with Crippen LogP contribution < -0.4 is 10.1 Å². The van der Waals surface area contributed by atoms with Gasteiger partial charge >= 0.3 is 0 Å². The van der Waals surface area contributed by atoms with E-state index < -0.39 is 0 Å². The molecule has 3 rings (SSSR count). The molecule has 4 heteroatoms. The Balaban J connectivity index is 1.72. The lowest BCUT2D eigenvalue weighted by Crippen LogP contribution is -2.43. The van der Waals surface area contributed by atoms with Crippen LogP contribution in [-0.2, 0) is 12.8 Å². The van der Waals surface area contributed by atoms with Crippen LogP contribution in [0.5, 0.6) is 5.75 Å². The fourth-order valence-electron chi connectivity index (χ4n) is 2.71. The summed E-state index contributed by atoms with van der Waals surface area (Å²) in [5, 5.41) is 3.58. The highest BCUT2D eigenvalue weighted by Gasteiger charge is 2.30. The van der Waals surface area contributed by atoms with Crippen LogP contribution in [0.4, 0.5) is 0 Å². The van der Waals surface area contributed by atoms with Gasteiger partial charge in [0.2, 0.25) is 0 Å². The Morgan fingerprint density at radius 3 is 2.90 bits per heavy atom. The second-order valence-corrected chi connectivity index (χ2v) is 7.59. The second-order valence-electron chi connectivity index (χ2n) is 5.04. The van der Waals surface area contributed by atoms with Gasteiger partial charge in [0.15, 0.2) is 0 Å². The average Bonchev–Trinajstić information content (AvgIpc) is 3.04. The topological polar surface area (TPSA) is 21.3 Å². The summed E-state index contributed by atoms with van der Waals surface area (Å²) in [6, 6.07) is 13.0. The predicted octanol–water partition coefficient (Wildman–Crippen LogP) is 4.03. The normalized spacial score (nSPS) is 18.6. The van der Waals surface area contributed by atoms with Crippen LogP contribution >= 0.6 is 27.3 Å². The van der Waals surface area contributed by atoms with Crippen molar-refractivity contribution in [2.75, 3.05) is 6.54 Å². The number of thiophene rings is 1. The zero-order valence-electron chi connectivity index (χ0n) is 11.4. The smallest absolute Gasteiger partial charge is 0.123 e. The van der Waals surface area contributed by atoms with Crippen LogP contribution in [0, 0.1) is 0 Å². The summed E-state index contributed by atoms with van der Waals surface area (Å²) >= 11 is 5.34. The molecule has 1 aliphatic heterocycles. The van der Waals surface area contributed by atoms with E-state index in [0.717, 1.165) is 25.1 Å². The molecule has 2 aromatic rings. The number of halogens is 1. The quantitative estimate of drug-likeness (QED) is 0.877. The third-order valence-electron chi connectivity index (χ3n) is 3.64. The van der Waals surface area contributed by atoms with Crippen LogP contribution in [0.1, 0.15) is 17.4 Å². The van der Waals surface area contributed by atoms with E-state index in [9.17, 15) is 0 Å². The van der Waals surface area contributed by atoms with Gasteiger partial charge in [-0.15, -0.1) is 11.3 Å². The number of ether oxygens (including phenoxy) is 1. The molecule has 0 radical (unpaired) electrons. The van der Waals surface area contributed by atoms with Crippen molar-refractivity contribution < 1.29 is 4.74 Å². The zero-order valence-corrected chi connectivity index (χ0v) is 13.8. The van der Waals surface area contributed by atoms with Gasteiger partial charge in [0.25, 0.3) is 0 Å². The molecule has 0 fully saturated rings. The number of benzene rings is 1. The minimum atomic E-state index is 0.230. The summed E-state index contributed by atoms with van der Waals surface area (Å²) in [4.78, 5) is 1.39. The van der Waals surface area contributed by atoms with Crippen molar-refractivity contribution in [3.8, 4) is 5.75 Å². The van der Waals surface area contributed by atoms with Crippen LogP contribution in [0.2, 0.25) is 0 Å². The molecular weight excluding hydrogens is 334 g/mol. The maximum atomic E-state index is 6.13. The Labute approximate surface area is 132 Å². The monoisotopic (exact) mass is 351 g/mol. The molecule has 2 unspecified atom stereocenters. The minimum Gasteiger partial charge on any atom is -0.488 e. The molecule has 0 amide bonds. The van der Waals surface area contributed by atoms with E-state index in [-0.39, 0.29) is 6.10 Å². The maximum absolute atomic E-state index is 6.13. The molecule has 1 aromatic carbocycles. The lowest BCUT2D eigenvalue weighted by molar-refractivity contribution is 0.178. The number of nitrogens with one attached hydrogen (secondary N) is 1. The largest absolute Gasteiger partial charge is 0.488 e. The van der Waals surface area contributed by atoms with Gasteiger partial charge in [-0.1, -0.05) is 25.1 Å². The van der Waals surface area contributed by atoms with Crippen molar-refractivity contribution in [1.82, 2.24) is 5.32 Å². The molecule has 0 spiro atoms. The molecule has 1 aromatic heterocycles. The Kier molecular flexibility index (Phi) is 4.44. The molecule has 2 nitrogen and oxygen atoms in total. The number of para-hydroxylation sites is 1. The van der Waals surface area contributed by atoms with Gasteiger partial charge in [0.1, 0.15) is 11.9 Å². The van der Waals surface area contributed by atoms with Crippen molar-refractivity contribution >= 4 is 27.3 Å². The van der Waals surface area contributed by atoms with Crippen molar-refractivity contribution in [2.24, 2.45) is 0 Å². The fourth-order valence-corrected chi connectivity index (χ4v) is 4.25. The Morgan fingerprint density at radius 1 is 1.35 bits per heavy atom. The lowest BCUT2D eigenvalue weighted by Gasteiger charge is -2.23. The number of likely N-dealkylation sites (N-methyl/N-ethyl adjacent to an activating group) is 1. The average molecular weight is 352 g/mol. The van der Waals surface area contributed by atoms with Crippen LogP contribution in [0.3, 0.4) is 0 Å². The van der Waals surface area contributed by atoms with Crippen molar-refractivity contribution in [3.63, 3.8) is 0 Å². The third-order valence-corrected chi connectivity index (χ3v) is 5.28. The summed E-state index contributed by atoms with van der Waals surface area (Å²) in [7, 11) is 0. The Hall–Kier alpha value is -0.840.